The highest BCUT2D eigenvalue weighted by atomic mass is 16.6. The average Bonchev–Trinajstić information content (AvgIpc) is 3.16. The highest BCUT2D eigenvalue weighted by Crippen LogP contribution is 2.31. The number of nitro benzene ring substituents is 1. The fourth-order valence-electron chi connectivity index (χ4n) is 3.11. The van der Waals surface area contributed by atoms with Gasteiger partial charge in [-0.15, -0.1) is 0 Å². The quantitative estimate of drug-likeness (QED) is 0.397. The van der Waals surface area contributed by atoms with Gasteiger partial charge < -0.3 is 4.42 Å². The van der Waals surface area contributed by atoms with Gasteiger partial charge in [0.25, 0.3) is 17.5 Å². The third kappa shape index (κ3) is 2.75. The van der Waals surface area contributed by atoms with Crippen molar-refractivity contribution in [1.82, 2.24) is 9.88 Å². The molecule has 0 N–H and O–H groups in total. The first-order valence-corrected chi connectivity index (χ1v) is 8.40. The Labute approximate surface area is 153 Å². The SMILES string of the molecule is CC(C)CN1C(=O)c2ccc(-c3nc4cc([N+](=O)[O-])ccc4o3)cc2C1=O. The second-order valence-corrected chi connectivity index (χ2v) is 6.80. The van der Waals surface area contributed by atoms with E-state index in [9.17, 15) is 19.7 Å². The minimum atomic E-state index is -0.503. The molecule has 2 aromatic carbocycles. The predicted octanol–water partition coefficient (Wildman–Crippen LogP) is 3.66. The molecule has 1 aliphatic heterocycles. The molecule has 1 aromatic heterocycles. The minimum Gasteiger partial charge on any atom is -0.436 e. The van der Waals surface area contributed by atoms with Crippen LogP contribution in [-0.2, 0) is 0 Å². The van der Waals surface area contributed by atoms with Crippen molar-refractivity contribution < 1.29 is 18.9 Å². The van der Waals surface area contributed by atoms with Crippen LogP contribution >= 0.6 is 0 Å². The fourth-order valence-corrected chi connectivity index (χ4v) is 3.11. The molecule has 0 unspecified atom stereocenters. The van der Waals surface area contributed by atoms with Crippen LogP contribution in [0.15, 0.2) is 40.8 Å². The van der Waals surface area contributed by atoms with Gasteiger partial charge in [-0.1, -0.05) is 13.8 Å². The number of benzene rings is 2. The highest BCUT2D eigenvalue weighted by Gasteiger charge is 2.36. The van der Waals surface area contributed by atoms with Crippen LogP contribution in [0, 0.1) is 16.0 Å². The standard InChI is InChI=1S/C19H15N3O5/c1-10(2)9-21-18(23)13-5-3-11(7-14(13)19(21)24)17-20-15-8-12(22(25)26)4-6-16(15)27-17/h3-8,10H,9H2,1-2H3. The number of non-ortho nitro benzene ring substituents is 1. The average molecular weight is 365 g/mol. The van der Waals surface area contributed by atoms with Gasteiger partial charge in [0, 0.05) is 24.2 Å². The van der Waals surface area contributed by atoms with Gasteiger partial charge in [0.05, 0.1) is 16.1 Å². The highest BCUT2D eigenvalue weighted by molar-refractivity contribution is 6.21. The van der Waals surface area contributed by atoms with E-state index in [2.05, 4.69) is 4.98 Å². The first-order valence-electron chi connectivity index (χ1n) is 8.40. The molecule has 2 amide bonds. The maximum atomic E-state index is 12.6. The molecule has 0 aliphatic carbocycles. The number of imide groups is 1. The Kier molecular flexibility index (Phi) is 3.76. The van der Waals surface area contributed by atoms with Crippen molar-refractivity contribution in [3.05, 3.63) is 57.6 Å². The number of carbonyl (C=O) groups is 2. The number of nitrogens with zero attached hydrogens (tertiary/aromatic N) is 3. The number of nitro groups is 1. The molecule has 0 radical (unpaired) electrons. The van der Waals surface area contributed by atoms with Gasteiger partial charge in [-0.2, -0.15) is 0 Å². The summed E-state index contributed by atoms with van der Waals surface area (Å²) in [7, 11) is 0. The van der Waals surface area contributed by atoms with Crippen molar-refractivity contribution >= 4 is 28.6 Å². The molecule has 27 heavy (non-hydrogen) atoms. The Morgan fingerprint density at radius 1 is 1.11 bits per heavy atom. The van der Waals surface area contributed by atoms with Crippen molar-refractivity contribution in [3.63, 3.8) is 0 Å². The molecule has 0 bridgehead atoms. The Bertz CT molecular complexity index is 1120. The largest absolute Gasteiger partial charge is 0.436 e. The molecular weight excluding hydrogens is 350 g/mol. The topological polar surface area (TPSA) is 107 Å². The van der Waals surface area contributed by atoms with Crippen LogP contribution in [0.2, 0.25) is 0 Å². The van der Waals surface area contributed by atoms with E-state index in [1.165, 1.54) is 23.1 Å². The van der Waals surface area contributed by atoms with Crippen LogP contribution in [0.25, 0.3) is 22.6 Å². The number of oxazole rings is 1. The number of hydrogen-bond acceptors (Lipinski definition) is 6. The van der Waals surface area contributed by atoms with E-state index in [0.29, 0.717) is 34.3 Å². The Balaban J connectivity index is 1.74. The normalized spacial score (nSPS) is 13.7. The van der Waals surface area contributed by atoms with Gasteiger partial charge in [0.15, 0.2) is 5.58 Å². The summed E-state index contributed by atoms with van der Waals surface area (Å²) in [5, 5.41) is 10.9. The molecule has 8 heteroatoms. The molecule has 0 saturated heterocycles. The molecule has 0 saturated carbocycles. The summed E-state index contributed by atoms with van der Waals surface area (Å²) in [4.78, 5) is 41.0. The predicted molar refractivity (Wildman–Crippen MR) is 96.3 cm³/mol. The van der Waals surface area contributed by atoms with E-state index in [1.807, 2.05) is 13.8 Å². The van der Waals surface area contributed by atoms with E-state index in [-0.39, 0.29) is 29.3 Å². The molecular formula is C19H15N3O5. The maximum Gasteiger partial charge on any atom is 0.271 e. The zero-order valence-corrected chi connectivity index (χ0v) is 14.6. The van der Waals surface area contributed by atoms with Crippen LogP contribution in [0.4, 0.5) is 5.69 Å². The smallest absolute Gasteiger partial charge is 0.271 e. The van der Waals surface area contributed by atoms with E-state index < -0.39 is 4.92 Å². The van der Waals surface area contributed by atoms with Crippen LogP contribution in [0.5, 0.6) is 0 Å². The van der Waals surface area contributed by atoms with Crippen LogP contribution in [0.3, 0.4) is 0 Å². The van der Waals surface area contributed by atoms with E-state index in [1.54, 1.807) is 18.2 Å². The molecule has 0 fully saturated rings. The number of carbonyl (C=O) groups excluding carboxylic acids is 2. The van der Waals surface area contributed by atoms with Gasteiger partial charge in [-0.25, -0.2) is 4.98 Å². The molecule has 0 atom stereocenters. The first-order chi connectivity index (χ1) is 12.8. The third-order valence-electron chi connectivity index (χ3n) is 4.35. The van der Waals surface area contributed by atoms with E-state index in [4.69, 9.17) is 4.42 Å². The van der Waals surface area contributed by atoms with Crippen molar-refractivity contribution in [2.75, 3.05) is 6.54 Å². The third-order valence-corrected chi connectivity index (χ3v) is 4.35. The summed E-state index contributed by atoms with van der Waals surface area (Å²) in [6.45, 7) is 4.23. The lowest BCUT2D eigenvalue weighted by atomic mass is 10.1. The summed E-state index contributed by atoms with van der Waals surface area (Å²) < 4.78 is 5.66. The van der Waals surface area contributed by atoms with Crippen LogP contribution < -0.4 is 0 Å². The summed E-state index contributed by atoms with van der Waals surface area (Å²) in [6, 6.07) is 8.97. The molecule has 1 aliphatic rings. The summed E-state index contributed by atoms with van der Waals surface area (Å²) in [5.41, 5.74) is 1.87. The van der Waals surface area contributed by atoms with E-state index >= 15 is 0 Å². The summed E-state index contributed by atoms with van der Waals surface area (Å²) in [5.74, 6) is -0.240. The van der Waals surface area contributed by atoms with Crippen LogP contribution in [0.1, 0.15) is 34.6 Å². The lowest BCUT2D eigenvalue weighted by molar-refractivity contribution is -0.384. The van der Waals surface area contributed by atoms with Crippen molar-refractivity contribution in [2.45, 2.75) is 13.8 Å². The minimum absolute atomic E-state index is 0.0820. The lowest BCUT2D eigenvalue weighted by Crippen LogP contribution is -2.33. The van der Waals surface area contributed by atoms with Gasteiger partial charge in [0.2, 0.25) is 5.89 Å². The number of aromatic nitrogens is 1. The molecule has 0 spiro atoms. The number of fused-ring (bicyclic) bond motifs is 2. The van der Waals surface area contributed by atoms with Crippen molar-refractivity contribution in [3.8, 4) is 11.5 Å². The second-order valence-electron chi connectivity index (χ2n) is 6.80. The second kappa shape index (κ2) is 6.01. The van der Waals surface area contributed by atoms with Crippen LogP contribution in [-0.4, -0.2) is 33.2 Å². The summed E-state index contributed by atoms with van der Waals surface area (Å²) in [6.07, 6.45) is 0. The van der Waals surface area contributed by atoms with Gasteiger partial charge >= 0.3 is 0 Å². The molecule has 8 nitrogen and oxygen atoms in total. The number of rotatable bonds is 4. The first kappa shape index (κ1) is 16.9. The van der Waals surface area contributed by atoms with Gasteiger partial charge in [-0.05, 0) is 30.2 Å². The monoisotopic (exact) mass is 365 g/mol. The molecule has 136 valence electrons. The van der Waals surface area contributed by atoms with Gasteiger partial charge in [0.1, 0.15) is 5.52 Å². The molecule has 3 aromatic rings. The number of amides is 2. The zero-order valence-electron chi connectivity index (χ0n) is 14.6. The Morgan fingerprint density at radius 3 is 2.56 bits per heavy atom. The lowest BCUT2D eigenvalue weighted by Gasteiger charge is -2.15. The van der Waals surface area contributed by atoms with Gasteiger partial charge in [-0.3, -0.25) is 24.6 Å². The summed E-state index contributed by atoms with van der Waals surface area (Å²) >= 11 is 0. The maximum absolute atomic E-state index is 12.6. The Hall–Kier alpha value is -3.55. The Morgan fingerprint density at radius 2 is 1.85 bits per heavy atom. The molecule has 2 heterocycles. The number of hydrogen-bond donors (Lipinski definition) is 0. The fraction of sp³-hybridized carbons (Fsp3) is 0.211. The van der Waals surface area contributed by atoms with Crippen molar-refractivity contribution in [2.24, 2.45) is 5.92 Å². The van der Waals surface area contributed by atoms with Crippen molar-refractivity contribution in [1.29, 1.82) is 0 Å². The zero-order chi connectivity index (χ0) is 19.3. The molecule has 4 rings (SSSR count). The van der Waals surface area contributed by atoms with E-state index in [0.717, 1.165) is 0 Å².